The van der Waals surface area contributed by atoms with Crippen LogP contribution in [0.5, 0.6) is 0 Å². The van der Waals surface area contributed by atoms with Crippen LogP contribution in [-0.4, -0.2) is 10.5 Å². The minimum atomic E-state index is -0.907. The van der Waals surface area contributed by atoms with Gasteiger partial charge >= 0.3 is 0 Å². The standard InChI is InChI=1S/C7H12N2O2/c1-3-7(2,9(10)11)5-4-6-8/h3-5H2,1-2H3/t7-/m0/s1. The second-order valence-corrected chi connectivity index (χ2v) is 2.77. The zero-order valence-corrected chi connectivity index (χ0v) is 6.83. The lowest BCUT2D eigenvalue weighted by Gasteiger charge is -2.16. The molecule has 4 nitrogen and oxygen atoms in total. The molecule has 0 fully saturated rings. The van der Waals surface area contributed by atoms with E-state index < -0.39 is 5.54 Å². The monoisotopic (exact) mass is 156 g/mol. The highest BCUT2D eigenvalue weighted by Crippen LogP contribution is 2.19. The molecule has 1 atom stereocenters. The molecule has 0 rings (SSSR count). The van der Waals surface area contributed by atoms with Crippen LogP contribution in [0.4, 0.5) is 0 Å². The number of nitro groups is 1. The summed E-state index contributed by atoms with van der Waals surface area (Å²) >= 11 is 0. The van der Waals surface area contributed by atoms with Gasteiger partial charge in [0, 0.05) is 31.1 Å². The van der Waals surface area contributed by atoms with Crippen molar-refractivity contribution in [1.29, 1.82) is 5.26 Å². The van der Waals surface area contributed by atoms with Gasteiger partial charge in [0.25, 0.3) is 0 Å². The molecule has 0 bridgehead atoms. The SMILES string of the molecule is CC[C@@](C)(CCC#N)[N+](=O)[O-]. The molecule has 0 aliphatic rings. The van der Waals surface area contributed by atoms with Crippen LogP contribution in [0.1, 0.15) is 33.1 Å². The van der Waals surface area contributed by atoms with Crippen molar-refractivity contribution >= 4 is 0 Å². The van der Waals surface area contributed by atoms with Crippen molar-refractivity contribution < 1.29 is 4.92 Å². The minimum Gasteiger partial charge on any atom is -0.264 e. The average molecular weight is 156 g/mol. The number of hydrogen-bond acceptors (Lipinski definition) is 3. The lowest BCUT2D eigenvalue weighted by atomic mass is 9.94. The van der Waals surface area contributed by atoms with E-state index in [1.165, 1.54) is 0 Å². The molecule has 0 amide bonds. The van der Waals surface area contributed by atoms with Gasteiger partial charge in [-0.2, -0.15) is 5.26 Å². The van der Waals surface area contributed by atoms with Crippen molar-refractivity contribution in [2.45, 2.75) is 38.6 Å². The number of rotatable bonds is 4. The first kappa shape index (κ1) is 9.89. The lowest BCUT2D eigenvalue weighted by molar-refractivity contribution is -0.566. The average Bonchev–Trinajstić information content (AvgIpc) is 2.00. The quantitative estimate of drug-likeness (QED) is 0.460. The van der Waals surface area contributed by atoms with Crippen molar-refractivity contribution in [2.24, 2.45) is 0 Å². The third-order valence-electron chi connectivity index (χ3n) is 1.98. The summed E-state index contributed by atoms with van der Waals surface area (Å²) in [6, 6.07) is 1.91. The Balaban J connectivity index is 4.13. The van der Waals surface area contributed by atoms with Crippen molar-refractivity contribution in [3.63, 3.8) is 0 Å². The summed E-state index contributed by atoms with van der Waals surface area (Å²) in [6.45, 7) is 3.34. The minimum absolute atomic E-state index is 0.255. The largest absolute Gasteiger partial charge is 0.264 e. The first-order valence-electron chi connectivity index (χ1n) is 3.58. The molecule has 62 valence electrons. The Morgan fingerprint density at radius 2 is 2.27 bits per heavy atom. The predicted molar refractivity (Wildman–Crippen MR) is 40.5 cm³/mol. The van der Waals surface area contributed by atoms with Gasteiger partial charge in [0.1, 0.15) is 0 Å². The van der Waals surface area contributed by atoms with Crippen LogP contribution >= 0.6 is 0 Å². The van der Waals surface area contributed by atoms with Gasteiger partial charge < -0.3 is 0 Å². The molecule has 0 spiro atoms. The molecular weight excluding hydrogens is 144 g/mol. The summed E-state index contributed by atoms with van der Waals surface area (Å²) in [5.41, 5.74) is -0.907. The zero-order valence-electron chi connectivity index (χ0n) is 6.83. The highest BCUT2D eigenvalue weighted by atomic mass is 16.6. The molecule has 0 unspecified atom stereocenters. The third-order valence-corrected chi connectivity index (χ3v) is 1.98. The van der Waals surface area contributed by atoms with E-state index in [2.05, 4.69) is 0 Å². The molecule has 0 saturated carbocycles. The van der Waals surface area contributed by atoms with E-state index in [9.17, 15) is 10.1 Å². The molecule has 4 heteroatoms. The molecule has 0 N–H and O–H groups in total. The van der Waals surface area contributed by atoms with E-state index in [0.717, 1.165) is 0 Å². The van der Waals surface area contributed by atoms with Crippen molar-refractivity contribution in [3.8, 4) is 6.07 Å². The van der Waals surface area contributed by atoms with E-state index in [1.54, 1.807) is 13.8 Å². The van der Waals surface area contributed by atoms with Crippen LogP contribution in [0.2, 0.25) is 0 Å². The number of hydrogen-bond donors (Lipinski definition) is 0. The molecule has 0 aliphatic carbocycles. The van der Waals surface area contributed by atoms with E-state index in [4.69, 9.17) is 5.26 Å². The number of nitriles is 1. The Morgan fingerprint density at radius 3 is 2.55 bits per heavy atom. The molecule has 0 aromatic rings. The van der Waals surface area contributed by atoms with Gasteiger partial charge in [-0.25, -0.2) is 0 Å². The molecular formula is C7H12N2O2. The molecule has 11 heavy (non-hydrogen) atoms. The predicted octanol–water partition coefficient (Wildman–Crippen LogP) is 1.74. The Morgan fingerprint density at radius 1 is 1.73 bits per heavy atom. The van der Waals surface area contributed by atoms with Crippen LogP contribution in [0, 0.1) is 21.4 Å². The van der Waals surface area contributed by atoms with Gasteiger partial charge in [0.2, 0.25) is 5.54 Å². The first-order valence-corrected chi connectivity index (χ1v) is 3.58. The topological polar surface area (TPSA) is 66.9 Å². The molecule has 0 aromatic carbocycles. The van der Waals surface area contributed by atoms with E-state index in [0.29, 0.717) is 12.8 Å². The number of nitrogens with zero attached hydrogens (tertiary/aromatic N) is 2. The molecule has 0 saturated heterocycles. The molecule has 0 aromatic heterocycles. The summed E-state index contributed by atoms with van der Waals surface area (Å²) in [4.78, 5) is 10.2. The van der Waals surface area contributed by atoms with Crippen LogP contribution in [0.25, 0.3) is 0 Å². The fourth-order valence-corrected chi connectivity index (χ4v) is 0.722. The van der Waals surface area contributed by atoms with Crippen LogP contribution in [0.15, 0.2) is 0 Å². The summed E-state index contributed by atoms with van der Waals surface area (Å²) < 4.78 is 0. The fraction of sp³-hybridized carbons (Fsp3) is 0.857. The van der Waals surface area contributed by atoms with Crippen molar-refractivity contribution in [3.05, 3.63) is 10.1 Å². The van der Waals surface area contributed by atoms with E-state index in [1.807, 2.05) is 6.07 Å². The molecule has 0 heterocycles. The summed E-state index contributed by atoms with van der Waals surface area (Å²) in [5, 5.41) is 18.7. The van der Waals surface area contributed by atoms with E-state index >= 15 is 0 Å². The Kier molecular flexibility index (Phi) is 3.52. The molecule has 0 radical (unpaired) electrons. The maximum absolute atomic E-state index is 10.5. The zero-order chi connectivity index (χ0) is 8.91. The first-order chi connectivity index (χ1) is 5.06. The molecule has 0 aliphatic heterocycles. The van der Waals surface area contributed by atoms with Crippen LogP contribution < -0.4 is 0 Å². The fourth-order valence-electron chi connectivity index (χ4n) is 0.722. The second kappa shape index (κ2) is 3.91. The summed E-state index contributed by atoms with van der Waals surface area (Å²) in [6.07, 6.45) is 1.07. The Hall–Kier alpha value is -1.11. The highest BCUT2D eigenvalue weighted by molar-refractivity contribution is 4.79. The smallest absolute Gasteiger partial charge is 0.220 e. The van der Waals surface area contributed by atoms with Gasteiger partial charge in [-0.1, -0.05) is 6.92 Å². The van der Waals surface area contributed by atoms with Crippen LogP contribution in [-0.2, 0) is 0 Å². The normalized spacial score (nSPS) is 15.0. The van der Waals surface area contributed by atoms with Crippen molar-refractivity contribution in [1.82, 2.24) is 0 Å². The van der Waals surface area contributed by atoms with E-state index in [-0.39, 0.29) is 11.3 Å². The Labute approximate surface area is 66.0 Å². The van der Waals surface area contributed by atoms with Gasteiger partial charge in [-0.05, 0) is 0 Å². The second-order valence-electron chi connectivity index (χ2n) is 2.77. The van der Waals surface area contributed by atoms with Gasteiger partial charge in [-0.3, -0.25) is 10.1 Å². The Bertz CT molecular complexity index is 185. The van der Waals surface area contributed by atoms with Crippen LogP contribution in [0.3, 0.4) is 0 Å². The third kappa shape index (κ3) is 2.54. The maximum atomic E-state index is 10.5. The summed E-state index contributed by atoms with van der Waals surface area (Å²) in [5.74, 6) is 0. The van der Waals surface area contributed by atoms with Crippen molar-refractivity contribution in [2.75, 3.05) is 0 Å². The summed E-state index contributed by atoms with van der Waals surface area (Å²) in [7, 11) is 0. The maximum Gasteiger partial charge on any atom is 0.220 e. The highest BCUT2D eigenvalue weighted by Gasteiger charge is 2.33. The lowest BCUT2D eigenvalue weighted by Crippen LogP contribution is -2.33. The van der Waals surface area contributed by atoms with Gasteiger partial charge in [0.05, 0.1) is 6.07 Å². The van der Waals surface area contributed by atoms with Gasteiger partial charge in [-0.15, -0.1) is 0 Å². The van der Waals surface area contributed by atoms with Gasteiger partial charge in [0.15, 0.2) is 0 Å².